The summed E-state index contributed by atoms with van der Waals surface area (Å²) in [5.41, 5.74) is 7.05. The van der Waals surface area contributed by atoms with Crippen molar-refractivity contribution >= 4 is 0 Å². The Kier molecular flexibility index (Phi) is 12.8. The zero-order valence-corrected chi connectivity index (χ0v) is 44.4. The number of hydrogen-bond donors (Lipinski definition) is 0. The van der Waals surface area contributed by atoms with Crippen LogP contribution in [0.5, 0.6) is 0 Å². The summed E-state index contributed by atoms with van der Waals surface area (Å²) in [5, 5.41) is 0. The van der Waals surface area contributed by atoms with Gasteiger partial charge in [-0.1, -0.05) is 200 Å². The molecule has 61 heavy (non-hydrogen) atoms. The van der Waals surface area contributed by atoms with E-state index in [4.69, 9.17) is 0 Å². The topological polar surface area (TPSA) is 0 Å². The fourth-order valence-electron chi connectivity index (χ4n) is 21.7. The quantitative estimate of drug-likeness (QED) is 0.0635. The second-order valence-electron chi connectivity index (χ2n) is 27.5. The van der Waals surface area contributed by atoms with Gasteiger partial charge in [-0.25, -0.2) is 0 Å². The average molecular weight is 840 g/mol. The third-order valence-corrected chi connectivity index (χ3v) is 24.9. The molecule has 23 atom stereocenters. The maximum Gasteiger partial charge on any atom is -0.00968 e. The summed E-state index contributed by atoms with van der Waals surface area (Å²) in [7, 11) is 0. The summed E-state index contributed by atoms with van der Waals surface area (Å²) in [6.45, 7) is 47.6. The number of rotatable bonds is 25. The fourth-order valence-corrected chi connectivity index (χ4v) is 21.7. The van der Waals surface area contributed by atoms with Crippen LogP contribution in [0.4, 0.5) is 0 Å². The van der Waals surface area contributed by atoms with E-state index in [1.807, 2.05) is 0 Å². The van der Waals surface area contributed by atoms with Gasteiger partial charge in [0.2, 0.25) is 0 Å². The maximum atomic E-state index is 2.82. The molecular formula is C61H106. The van der Waals surface area contributed by atoms with Gasteiger partial charge in [-0.05, 0) is 184 Å². The van der Waals surface area contributed by atoms with Crippen molar-refractivity contribution in [1.29, 1.82) is 0 Å². The predicted molar refractivity (Wildman–Crippen MR) is 265 cm³/mol. The van der Waals surface area contributed by atoms with Crippen molar-refractivity contribution in [1.82, 2.24) is 0 Å². The molecule has 23 unspecified atom stereocenters. The molecule has 8 aliphatic rings. The van der Waals surface area contributed by atoms with Crippen LogP contribution in [0.2, 0.25) is 0 Å². The lowest BCUT2D eigenvalue weighted by Crippen LogP contribution is -2.65. The fraction of sp³-hybridized carbons (Fsp3) is 0.967. The molecule has 0 aromatic rings. The van der Waals surface area contributed by atoms with Gasteiger partial charge in [0.25, 0.3) is 0 Å². The third-order valence-electron chi connectivity index (χ3n) is 24.9. The van der Waals surface area contributed by atoms with Crippen LogP contribution in [-0.2, 0) is 0 Å². The molecule has 0 heterocycles. The first-order valence-electron chi connectivity index (χ1n) is 28.5. The van der Waals surface area contributed by atoms with Crippen LogP contribution in [0.25, 0.3) is 0 Å². The molecule has 0 nitrogen and oxygen atoms in total. The molecule has 6 fully saturated rings. The minimum Gasteiger partial charge on any atom is -0.0654 e. The smallest absolute Gasteiger partial charge is 0.00968 e. The number of hydrogen-bond acceptors (Lipinski definition) is 0. The molecule has 6 saturated carbocycles. The number of fused-ring (bicyclic) bond motifs is 4. The van der Waals surface area contributed by atoms with Crippen LogP contribution < -0.4 is 0 Å². The van der Waals surface area contributed by atoms with Gasteiger partial charge < -0.3 is 0 Å². The van der Waals surface area contributed by atoms with Crippen LogP contribution in [0.15, 0.2) is 11.1 Å². The summed E-state index contributed by atoms with van der Waals surface area (Å²) in [5.74, 6) is 18.5. The van der Waals surface area contributed by atoms with Gasteiger partial charge in [0, 0.05) is 0 Å². The van der Waals surface area contributed by atoms with Crippen LogP contribution in [-0.4, -0.2) is 0 Å². The third kappa shape index (κ3) is 6.45. The molecule has 1 spiro atoms. The molecular weight excluding hydrogens is 733 g/mol. The molecule has 4 bridgehead atoms. The van der Waals surface area contributed by atoms with Crippen molar-refractivity contribution in [2.45, 2.75) is 227 Å². The summed E-state index contributed by atoms with van der Waals surface area (Å²) in [4.78, 5) is 0. The Labute approximate surface area is 382 Å². The van der Waals surface area contributed by atoms with Crippen molar-refractivity contribution in [2.75, 3.05) is 0 Å². The molecule has 0 aromatic heterocycles. The minimum atomic E-state index is 0.409. The largest absolute Gasteiger partial charge is 0.0654 e. The number of unbranched alkanes of at least 4 members (excludes halogenated alkanes) is 3. The van der Waals surface area contributed by atoms with E-state index in [0.717, 1.165) is 118 Å². The van der Waals surface area contributed by atoms with Crippen molar-refractivity contribution < 1.29 is 0 Å². The first kappa shape index (κ1) is 47.2. The van der Waals surface area contributed by atoms with Crippen molar-refractivity contribution in [3.05, 3.63) is 11.1 Å². The van der Waals surface area contributed by atoms with E-state index < -0.39 is 0 Å². The lowest BCUT2D eigenvalue weighted by molar-refractivity contribution is -0.168. The van der Waals surface area contributed by atoms with Crippen molar-refractivity contribution in [3.8, 4) is 0 Å². The van der Waals surface area contributed by atoms with Gasteiger partial charge in [0.1, 0.15) is 0 Å². The van der Waals surface area contributed by atoms with Gasteiger partial charge in [-0.15, -0.1) is 0 Å². The Bertz CT molecular complexity index is 1590. The molecule has 0 radical (unpaired) electrons. The molecule has 0 aliphatic heterocycles. The summed E-state index contributed by atoms with van der Waals surface area (Å²) in [6, 6.07) is 0. The second-order valence-corrected chi connectivity index (χ2v) is 27.5. The molecule has 0 N–H and O–H groups in total. The van der Waals surface area contributed by atoms with Crippen LogP contribution >= 0.6 is 0 Å². The van der Waals surface area contributed by atoms with Gasteiger partial charge >= 0.3 is 0 Å². The Morgan fingerprint density at radius 3 is 1.97 bits per heavy atom. The maximum absolute atomic E-state index is 2.82. The monoisotopic (exact) mass is 839 g/mol. The van der Waals surface area contributed by atoms with E-state index in [9.17, 15) is 0 Å². The Hall–Kier alpha value is -0.260. The van der Waals surface area contributed by atoms with E-state index in [2.05, 4.69) is 136 Å². The average Bonchev–Trinajstić information content (AvgIpc) is 4.12. The SMILES string of the molecule is CCCCCC(C)C1(CC(C)C(C)CCC23CC4(C(C)C2C3C(C)C)C(C)C4(C)CC)C2C3C4=C5C(C4C)C(C5C(C)(C)CC(C)C(CCC)C(C)C(CC)CCCC)C1C32. The molecule has 8 aliphatic carbocycles. The van der Waals surface area contributed by atoms with E-state index in [1.165, 1.54) is 89.9 Å². The van der Waals surface area contributed by atoms with Gasteiger partial charge in [0.05, 0.1) is 0 Å². The summed E-state index contributed by atoms with van der Waals surface area (Å²) in [6.07, 6.45) is 23.1. The van der Waals surface area contributed by atoms with Crippen LogP contribution in [0.1, 0.15) is 227 Å². The van der Waals surface area contributed by atoms with Gasteiger partial charge in [0.15, 0.2) is 0 Å². The van der Waals surface area contributed by atoms with E-state index in [0.29, 0.717) is 27.1 Å². The van der Waals surface area contributed by atoms with E-state index in [1.54, 1.807) is 12.8 Å². The predicted octanol–water partition coefficient (Wildman–Crippen LogP) is 18.2. The first-order valence-corrected chi connectivity index (χ1v) is 28.5. The molecule has 0 amide bonds. The molecule has 0 heteroatoms. The van der Waals surface area contributed by atoms with E-state index in [-0.39, 0.29) is 0 Å². The number of allylic oxidation sites excluding steroid dienone is 2. The summed E-state index contributed by atoms with van der Waals surface area (Å²) >= 11 is 0. The highest BCUT2D eigenvalue weighted by molar-refractivity contribution is 5.55. The van der Waals surface area contributed by atoms with Gasteiger partial charge in [-0.3, -0.25) is 0 Å². The van der Waals surface area contributed by atoms with Crippen LogP contribution in [0, 0.1) is 145 Å². The molecule has 0 saturated heterocycles. The zero-order chi connectivity index (χ0) is 44.5. The highest BCUT2D eigenvalue weighted by atomic mass is 14.9. The van der Waals surface area contributed by atoms with Gasteiger partial charge in [-0.2, -0.15) is 0 Å². The highest BCUT2D eigenvalue weighted by Crippen LogP contribution is 2.93. The molecule has 0 aromatic carbocycles. The normalized spacial score (nSPS) is 46.7. The molecule has 350 valence electrons. The van der Waals surface area contributed by atoms with E-state index >= 15 is 0 Å². The first-order chi connectivity index (χ1) is 28.8. The second kappa shape index (κ2) is 16.5. The Balaban J connectivity index is 1.02. The lowest BCUT2D eigenvalue weighted by Gasteiger charge is -2.71. The van der Waals surface area contributed by atoms with Crippen molar-refractivity contribution in [2.24, 2.45) is 145 Å². The minimum absolute atomic E-state index is 0.409. The Morgan fingerprint density at radius 2 is 1.38 bits per heavy atom. The summed E-state index contributed by atoms with van der Waals surface area (Å²) < 4.78 is 0. The molecule has 8 rings (SSSR count). The lowest BCUT2D eigenvalue weighted by atomic mass is 9.33. The van der Waals surface area contributed by atoms with Crippen LogP contribution in [0.3, 0.4) is 0 Å². The zero-order valence-electron chi connectivity index (χ0n) is 44.4. The standard InChI is InChI=1S/C61H106/c1-19-24-26-28-39(11)60(33-37(9)36(8)30-31-59-34-61(43(15)58(61,18)23-5)42(14)53(59)52(59)35(6)7)55-49-46-41(13)47-48(46)54(50(47)56(60)51(49)55)57(16,17)32-38(10)45(27-21-3)40(12)44(22-4)29-25-20-2/h35-45,47,49-56H,19-34H2,1-18H3. The highest BCUT2D eigenvalue weighted by Gasteiger charge is 2.88. The van der Waals surface area contributed by atoms with Crippen molar-refractivity contribution in [3.63, 3.8) is 0 Å². The Morgan fingerprint density at radius 1 is 0.689 bits per heavy atom.